The Morgan fingerprint density at radius 3 is 2.02 bits per heavy atom. The molecule has 0 saturated carbocycles. The third-order valence-electron chi connectivity index (χ3n) is 9.91. The summed E-state index contributed by atoms with van der Waals surface area (Å²) in [6, 6.07) is 12.3. The minimum atomic E-state index is -0.179. The molecule has 3 aromatic rings. The average molecular weight is 757 g/mol. The number of carbonyl (C=O) groups excluding carboxylic acids is 3. The molecule has 55 heavy (non-hydrogen) atoms. The van der Waals surface area contributed by atoms with Crippen molar-refractivity contribution in [1.29, 1.82) is 0 Å². The molecule has 292 valence electrons. The van der Waals surface area contributed by atoms with Gasteiger partial charge in [-0.1, -0.05) is 6.07 Å². The lowest BCUT2D eigenvalue weighted by molar-refractivity contribution is -0.127. The molecule has 14 nitrogen and oxygen atoms in total. The zero-order valence-corrected chi connectivity index (χ0v) is 32.0. The fourth-order valence-electron chi connectivity index (χ4n) is 6.89. The Bertz CT molecular complexity index is 1910. The lowest BCUT2D eigenvalue weighted by Crippen LogP contribution is -2.50. The highest BCUT2D eigenvalue weighted by Gasteiger charge is 2.33. The summed E-state index contributed by atoms with van der Waals surface area (Å²) in [5.41, 5.74) is 2.31. The summed E-state index contributed by atoms with van der Waals surface area (Å²) in [7, 11) is 7.65. The Kier molecular flexibility index (Phi) is 12.7. The van der Waals surface area contributed by atoms with Gasteiger partial charge in [-0.05, 0) is 67.7 Å². The number of aliphatic imine (C=N–C) groups is 1. The van der Waals surface area contributed by atoms with Crippen molar-refractivity contribution in [3.63, 3.8) is 0 Å². The molecule has 6 rings (SSSR count). The molecular formula is C41H48N4O10. The van der Waals surface area contributed by atoms with E-state index in [1.165, 1.54) is 27.4 Å². The molecule has 3 aliphatic rings. The van der Waals surface area contributed by atoms with E-state index < -0.39 is 0 Å². The van der Waals surface area contributed by atoms with Gasteiger partial charge >= 0.3 is 0 Å². The summed E-state index contributed by atoms with van der Waals surface area (Å²) in [4.78, 5) is 49.4. The van der Waals surface area contributed by atoms with Crippen LogP contribution in [0.5, 0.6) is 40.2 Å². The van der Waals surface area contributed by atoms with Crippen molar-refractivity contribution in [1.82, 2.24) is 14.7 Å². The number of amides is 3. The highest BCUT2D eigenvalue weighted by Crippen LogP contribution is 2.40. The normalized spacial score (nSPS) is 16.3. The third-order valence-corrected chi connectivity index (χ3v) is 9.91. The zero-order chi connectivity index (χ0) is 38.9. The summed E-state index contributed by atoms with van der Waals surface area (Å²) in [5, 5.41) is 0. The highest BCUT2D eigenvalue weighted by molar-refractivity contribution is 6.03. The summed E-state index contributed by atoms with van der Waals surface area (Å²) in [5.74, 6) is 3.05. The van der Waals surface area contributed by atoms with E-state index in [9.17, 15) is 14.4 Å². The Morgan fingerprint density at radius 1 is 0.727 bits per heavy atom. The number of hydrogen-bond donors (Lipinski definition) is 0. The molecule has 3 aromatic carbocycles. The molecular weight excluding hydrogens is 708 g/mol. The van der Waals surface area contributed by atoms with Crippen molar-refractivity contribution in [2.45, 2.75) is 31.7 Å². The Morgan fingerprint density at radius 2 is 1.36 bits per heavy atom. The number of fused-ring (bicyclic) bond motifs is 2. The van der Waals surface area contributed by atoms with Crippen molar-refractivity contribution in [2.75, 3.05) is 81.5 Å². The van der Waals surface area contributed by atoms with Gasteiger partial charge in [0, 0.05) is 56.6 Å². The highest BCUT2D eigenvalue weighted by atomic mass is 16.5. The number of piperazine rings is 1. The van der Waals surface area contributed by atoms with Crippen LogP contribution in [0.2, 0.25) is 0 Å². The van der Waals surface area contributed by atoms with E-state index >= 15 is 0 Å². The van der Waals surface area contributed by atoms with Crippen LogP contribution < -0.4 is 33.2 Å². The van der Waals surface area contributed by atoms with Crippen molar-refractivity contribution >= 4 is 35.7 Å². The predicted octanol–water partition coefficient (Wildman–Crippen LogP) is 5.29. The minimum absolute atomic E-state index is 0.0270. The van der Waals surface area contributed by atoms with Gasteiger partial charge < -0.3 is 47.9 Å². The van der Waals surface area contributed by atoms with Gasteiger partial charge in [-0.2, -0.15) is 0 Å². The SMILES string of the molecule is COc1cc(C=CC(=O)N2CCN(C(=O)c3cc(OC)c(OC)c(OC)c3)CC2)ccc1OCCCCOc1cc2c(cc1OC)C(=O)N1CCC[C@H]1C=N2. The van der Waals surface area contributed by atoms with E-state index in [-0.39, 0.29) is 23.8 Å². The second kappa shape index (κ2) is 17.9. The molecule has 3 amide bonds. The maximum Gasteiger partial charge on any atom is 0.256 e. The maximum absolute atomic E-state index is 13.3. The molecule has 0 bridgehead atoms. The van der Waals surface area contributed by atoms with E-state index in [0.717, 1.165) is 37.8 Å². The van der Waals surface area contributed by atoms with Gasteiger partial charge in [0.1, 0.15) is 0 Å². The first kappa shape index (κ1) is 38.8. The van der Waals surface area contributed by atoms with E-state index in [1.54, 1.807) is 54.4 Å². The summed E-state index contributed by atoms with van der Waals surface area (Å²) < 4.78 is 39.4. The molecule has 1 atom stereocenters. The Balaban J connectivity index is 0.954. The summed E-state index contributed by atoms with van der Waals surface area (Å²) in [6.07, 6.45) is 8.46. The number of hydrogen-bond acceptors (Lipinski definition) is 11. The molecule has 0 N–H and O–H groups in total. The number of benzene rings is 3. The van der Waals surface area contributed by atoms with E-state index in [0.29, 0.717) is 96.5 Å². The van der Waals surface area contributed by atoms with Crippen molar-refractivity contribution < 1.29 is 47.5 Å². The lowest BCUT2D eigenvalue weighted by atomic mass is 10.1. The van der Waals surface area contributed by atoms with Crippen molar-refractivity contribution in [2.24, 2.45) is 4.99 Å². The van der Waals surface area contributed by atoms with Crippen LogP contribution >= 0.6 is 0 Å². The zero-order valence-electron chi connectivity index (χ0n) is 32.0. The average Bonchev–Trinajstić information content (AvgIpc) is 3.66. The molecule has 2 fully saturated rings. The molecule has 3 heterocycles. The second-order valence-electron chi connectivity index (χ2n) is 13.2. The fraction of sp³-hybridized carbons (Fsp3) is 0.415. The molecule has 14 heteroatoms. The monoisotopic (exact) mass is 756 g/mol. The number of nitrogens with zero attached hydrogens (tertiary/aromatic N) is 4. The quantitative estimate of drug-likeness (QED) is 0.149. The molecule has 0 aromatic heterocycles. The first-order valence-corrected chi connectivity index (χ1v) is 18.4. The van der Waals surface area contributed by atoms with Crippen LogP contribution in [0.25, 0.3) is 6.08 Å². The smallest absolute Gasteiger partial charge is 0.256 e. The number of rotatable bonds is 15. The molecule has 0 aliphatic carbocycles. The fourth-order valence-corrected chi connectivity index (χ4v) is 6.89. The second-order valence-corrected chi connectivity index (χ2v) is 13.2. The minimum Gasteiger partial charge on any atom is -0.493 e. The van der Waals surface area contributed by atoms with Crippen LogP contribution in [0.1, 0.15) is 52.0 Å². The molecule has 0 spiro atoms. The van der Waals surface area contributed by atoms with Gasteiger partial charge in [-0.3, -0.25) is 19.4 Å². The van der Waals surface area contributed by atoms with Crippen LogP contribution in [-0.4, -0.2) is 126 Å². The Hall–Kier alpha value is -5.92. The summed E-state index contributed by atoms with van der Waals surface area (Å²) in [6.45, 7) is 3.18. The molecule has 3 aliphatic heterocycles. The van der Waals surface area contributed by atoms with Gasteiger partial charge in [0.2, 0.25) is 11.7 Å². The van der Waals surface area contributed by atoms with Gasteiger partial charge in [-0.15, -0.1) is 0 Å². The lowest BCUT2D eigenvalue weighted by Gasteiger charge is -2.34. The topological polar surface area (TPSA) is 138 Å². The third kappa shape index (κ3) is 8.74. The number of methoxy groups -OCH3 is 5. The van der Waals surface area contributed by atoms with Crippen LogP contribution in [0, 0.1) is 0 Å². The van der Waals surface area contributed by atoms with Gasteiger partial charge in [0.05, 0.1) is 66.1 Å². The van der Waals surface area contributed by atoms with Crippen LogP contribution in [0.3, 0.4) is 0 Å². The van der Waals surface area contributed by atoms with Gasteiger partial charge in [-0.25, -0.2) is 0 Å². The predicted molar refractivity (Wildman–Crippen MR) is 206 cm³/mol. The Labute approximate surface area is 321 Å². The van der Waals surface area contributed by atoms with Crippen LogP contribution in [0.15, 0.2) is 53.5 Å². The number of ether oxygens (including phenoxy) is 7. The van der Waals surface area contributed by atoms with Crippen molar-refractivity contribution in [3.8, 4) is 40.2 Å². The molecule has 0 unspecified atom stereocenters. The largest absolute Gasteiger partial charge is 0.493 e. The first-order valence-electron chi connectivity index (χ1n) is 18.4. The maximum atomic E-state index is 13.3. The molecule has 0 radical (unpaired) electrons. The standard InChI is InChI=1S/C41H48N4O10/c1-49-33-21-27(11-13-38(46)43-15-17-44(18-16-43)40(47)28-22-36(51-3)39(53-5)37(23-28)52-4)10-12-32(33)54-19-6-7-20-55-35-25-31-30(24-34(35)50-2)41(48)45-14-8-9-29(45)26-42-31/h10-13,21-26,29H,6-9,14-20H2,1-5H3/t29-/m0/s1. The number of unbranched alkanes of at least 4 members (excludes halogenated alkanes) is 1. The number of carbonyl (C=O) groups is 3. The van der Waals surface area contributed by atoms with Gasteiger partial charge in [0.25, 0.3) is 11.8 Å². The van der Waals surface area contributed by atoms with Crippen molar-refractivity contribution in [3.05, 3.63) is 65.2 Å². The van der Waals surface area contributed by atoms with E-state index in [2.05, 4.69) is 4.99 Å². The molecule has 2 saturated heterocycles. The van der Waals surface area contributed by atoms with E-state index in [1.807, 2.05) is 29.3 Å². The van der Waals surface area contributed by atoms with Crippen LogP contribution in [0.4, 0.5) is 5.69 Å². The van der Waals surface area contributed by atoms with Crippen LogP contribution in [-0.2, 0) is 4.79 Å². The van der Waals surface area contributed by atoms with E-state index in [4.69, 9.17) is 33.2 Å². The van der Waals surface area contributed by atoms with Gasteiger partial charge in [0.15, 0.2) is 34.5 Å². The first-order chi connectivity index (χ1) is 26.8. The summed E-state index contributed by atoms with van der Waals surface area (Å²) >= 11 is 0.